The van der Waals surface area contributed by atoms with Crippen LogP contribution in [0.3, 0.4) is 0 Å². The highest BCUT2D eigenvalue weighted by Crippen LogP contribution is 2.41. The number of nitrogens with one attached hydrogen (secondary N) is 1. The van der Waals surface area contributed by atoms with Crippen LogP contribution in [-0.2, 0) is 14.6 Å². The number of aryl methyl sites for hydroxylation is 1. The summed E-state index contributed by atoms with van der Waals surface area (Å²) in [5.41, 5.74) is 1.85. The molecule has 1 N–H and O–H groups in total. The van der Waals surface area contributed by atoms with Crippen LogP contribution in [0.15, 0.2) is 18.2 Å². The van der Waals surface area contributed by atoms with Gasteiger partial charge in [-0.15, -0.1) is 0 Å². The number of halogens is 2. The van der Waals surface area contributed by atoms with Crippen LogP contribution in [0.5, 0.6) is 0 Å². The third-order valence-electron chi connectivity index (χ3n) is 5.03. The van der Waals surface area contributed by atoms with Crippen molar-refractivity contribution in [3.05, 3.63) is 46.7 Å². The minimum absolute atomic E-state index is 0.0216. The maximum absolute atomic E-state index is 13.7. The Morgan fingerprint density at radius 1 is 1.27 bits per heavy atom. The van der Waals surface area contributed by atoms with Gasteiger partial charge in [-0.1, -0.05) is 6.07 Å². The van der Waals surface area contributed by atoms with Crippen molar-refractivity contribution in [2.75, 3.05) is 16.8 Å². The summed E-state index contributed by atoms with van der Waals surface area (Å²) < 4.78 is 52.1. The van der Waals surface area contributed by atoms with Gasteiger partial charge in [-0.05, 0) is 31.0 Å². The molecular formula is C17H17F2N3O3S. The summed E-state index contributed by atoms with van der Waals surface area (Å²) >= 11 is 0. The average molecular weight is 381 g/mol. The first-order valence-electron chi connectivity index (χ1n) is 8.29. The SMILES string of the molecule is Cc1nn([C@@H]2CCS(=O)(=O)C2)c2c1[C@@H](c1ccc(F)c(F)c1)CC(=O)N2. The Labute approximate surface area is 149 Å². The highest BCUT2D eigenvalue weighted by Gasteiger charge is 2.37. The number of nitrogens with zero attached hydrogens (tertiary/aromatic N) is 2. The summed E-state index contributed by atoms with van der Waals surface area (Å²) in [6.07, 6.45) is 0.523. The lowest BCUT2D eigenvalue weighted by Crippen LogP contribution is -2.26. The minimum Gasteiger partial charge on any atom is -0.311 e. The van der Waals surface area contributed by atoms with Gasteiger partial charge in [0.15, 0.2) is 21.5 Å². The molecule has 0 radical (unpaired) electrons. The van der Waals surface area contributed by atoms with Crippen LogP contribution in [0.2, 0.25) is 0 Å². The molecule has 1 saturated heterocycles. The molecule has 0 saturated carbocycles. The van der Waals surface area contributed by atoms with Crippen LogP contribution in [-0.4, -0.2) is 35.6 Å². The molecule has 138 valence electrons. The van der Waals surface area contributed by atoms with E-state index in [1.54, 1.807) is 11.6 Å². The van der Waals surface area contributed by atoms with Crippen LogP contribution >= 0.6 is 0 Å². The van der Waals surface area contributed by atoms with Gasteiger partial charge >= 0.3 is 0 Å². The van der Waals surface area contributed by atoms with E-state index in [1.165, 1.54) is 6.07 Å². The van der Waals surface area contributed by atoms with Crippen LogP contribution in [0.4, 0.5) is 14.6 Å². The number of carbonyl (C=O) groups excluding carboxylic acids is 1. The molecule has 0 unspecified atom stereocenters. The van der Waals surface area contributed by atoms with E-state index in [0.29, 0.717) is 23.5 Å². The highest BCUT2D eigenvalue weighted by atomic mass is 32.2. The molecular weight excluding hydrogens is 364 g/mol. The number of rotatable bonds is 2. The summed E-state index contributed by atoms with van der Waals surface area (Å²) in [4.78, 5) is 12.2. The third-order valence-corrected chi connectivity index (χ3v) is 6.78. The first-order valence-corrected chi connectivity index (χ1v) is 10.1. The van der Waals surface area contributed by atoms with Crippen LogP contribution in [0.25, 0.3) is 0 Å². The summed E-state index contributed by atoms with van der Waals surface area (Å²) in [7, 11) is -3.12. The molecule has 2 aliphatic heterocycles. The highest BCUT2D eigenvalue weighted by molar-refractivity contribution is 7.91. The number of hydrogen-bond acceptors (Lipinski definition) is 4. The van der Waals surface area contributed by atoms with Crippen molar-refractivity contribution < 1.29 is 22.0 Å². The lowest BCUT2D eigenvalue weighted by atomic mass is 9.85. The van der Waals surface area contributed by atoms with Gasteiger partial charge in [-0.25, -0.2) is 21.9 Å². The third kappa shape index (κ3) is 2.80. The predicted molar refractivity (Wildman–Crippen MR) is 90.7 cm³/mol. The zero-order valence-corrected chi connectivity index (χ0v) is 14.8. The molecule has 9 heteroatoms. The fourth-order valence-corrected chi connectivity index (χ4v) is 5.51. The standard InChI is InChI=1S/C17H17F2N3O3S/c1-9-16-12(10-2-3-13(18)14(19)6-10)7-15(23)20-17(16)22(21-9)11-4-5-26(24,25)8-11/h2-3,6,11-12H,4-5,7-8H2,1H3,(H,20,23)/t11-,12-/m1/s1. The summed E-state index contributed by atoms with van der Waals surface area (Å²) in [6.45, 7) is 1.77. The van der Waals surface area contributed by atoms with E-state index in [9.17, 15) is 22.0 Å². The van der Waals surface area contributed by atoms with Crippen molar-refractivity contribution in [3.8, 4) is 0 Å². The van der Waals surface area contributed by atoms with Gasteiger partial charge < -0.3 is 5.32 Å². The monoisotopic (exact) mass is 381 g/mol. The number of aromatic nitrogens is 2. The normalized spacial score (nSPS) is 24.3. The summed E-state index contributed by atoms with van der Waals surface area (Å²) in [5.74, 6) is -2.12. The van der Waals surface area contributed by atoms with Crippen molar-refractivity contribution in [3.63, 3.8) is 0 Å². The lowest BCUT2D eigenvalue weighted by Gasteiger charge is -2.25. The largest absolute Gasteiger partial charge is 0.311 e. The lowest BCUT2D eigenvalue weighted by molar-refractivity contribution is -0.116. The number of carbonyl (C=O) groups is 1. The van der Waals surface area contributed by atoms with Gasteiger partial charge in [0.25, 0.3) is 0 Å². The zero-order chi connectivity index (χ0) is 18.6. The number of hydrogen-bond donors (Lipinski definition) is 1. The van der Waals surface area contributed by atoms with Crippen molar-refractivity contribution >= 4 is 21.6 Å². The van der Waals surface area contributed by atoms with Gasteiger partial charge in [-0.3, -0.25) is 4.79 Å². The molecule has 6 nitrogen and oxygen atoms in total. The van der Waals surface area contributed by atoms with Gasteiger partial charge in [0.1, 0.15) is 5.82 Å². The second-order valence-electron chi connectivity index (χ2n) is 6.83. The topological polar surface area (TPSA) is 81.1 Å². The van der Waals surface area contributed by atoms with E-state index in [1.807, 2.05) is 0 Å². The maximum atomic E-state index is 13.7. The molecule has 1 amide bonds. The van der Waals surface area contributed by atoms with E-state index < -0.39 is 27.4 Å². The Bertz CT molecular complexity index is 1020. The second-order valence-corrected chi connectivity index (χ2v) is 9.06. The van der Waals surface area contributed by atoms with Gasteiger partial charge in [0.05, 0.1) is 23.2 Å². The minimum atomic E-state index is -3.12. The first-order chi connectivity index (χ1) is 12.2. The number of fused-ring (bicyclic) bond motifs is 1. The summed E-state index contributed by atoms with van der Waals surface area (Å²) in [5, 5.41) is 7.24. The Morgan fingerprint density at radius 2 is 2.04 bits per heavy atom. The van der Waals surface area contributed by atoms with Gasteiger partial charge in [0.2, 0.25) is 5.91 Å². The number of anilines is 1. The molecule has 2 aromatic rings. The molecule has 0 spiro atoms. The molecule has 3 heterocycles. The Kier molecular flexibility index (Phi) is 3.87. The molecule has 1 fully saturated rings. The van der Waals surface area contributed by atoms with Gasteiger partial charge in [-0.2, -0.15) is 5.10 Å². The zero-order valence-electron chi connectivity index (χ0n) is 14.0. The van der Waals surface area contributed by atoms with Crippen molar-refractivity contribution in [1.82, 2.24) is 9.78 Å². The van der Waals surface area contributed by atoms with Crippen molar-refractivity contribution in [2.24, 2.45) is 0 Å². The average Bonchev–Trinajstić information content (AvgIpc) is 3.09. The van der Waals surface area contributed by atoms with Gasteiger partial charge in [0, 0.05) is 17.9 Å². The smallest absolute Gasteiger partial charge is 0.226 e. The van der Waals surface area contributed by atoms with Crippen LogP contribution in [0, 0.1) is 18.6 Å². The first kappa shape index (κ1) is 17.1. The predicted octanol–water partition coefficient (Wildman–Crippen LogP) is 2.30. The molecule has 26 heavy (non-hydrogen) atoms. The quantitative estimate of drug-likeness (QED) is 0.866. The second kappa shape index (κ2) is 5.87. The Morgan fingerprint density at radius 3 is 2.69 bits per heavy atom. The van der Waals surface area contributed by atoms with E-state index in [2.05, 4.69) is 10.4 Å². The molecule has 1 aromatic carbocycles. The molecule has 2 aliphatic rings. The number of sulfone groups is 1. The fourth-order valence-electron chi connectivity index (χ4n) is 3.82. The van der Waals surface area contributed by atoms with Crippen LogP contribution in [0.1, 0.15) is 41.6 Å². The molecule has 1 aromatic heterocycles. The fraction of sp³-hybridized carbons (Fsp3) is 0.412. The van der Waals surface area contributed by atoms with E-state index in [4.69, 9.17) is 0 Å². The van der Waals surface area contributed by atoms with E-state index >= 15 is 0 Å². The van der Waals surface area contributed by atoms with Crippen LogP contribution < -0.4 is 5.32 Å². The van der Waals surface area contributed by atoms with Crippen molar-refractivity contribution in [1.29, 1.82) is 0 Å². The van der Waals surface area contributed by atoms with E-state index in [0.717, 1.165) is 17.7 Å². The Hall–Kier alpha value is -2.29. The molecule has 4 rings (SSSR count). The summed E-state index contributed by atoms with van der Waals surface area (Å²) in [6, 6.07) is 3.26. The molecule has 0 aliphatic carbocycles. The number of benzene rings is 1. The number of amides is 1. The molecule has 2 atom stereocenters. The van der Waals surface area contributed by atoms with E-state index in [-0.39, 0.29) is 29.9 Å². The van der Waals surface area contributed by atoms with Crippen molar-refractivity contribution in [2.45, 2.75) is 31.7 Å². The maximum Gasteiger partial charge on any atom is 0.226 e. The molecule has 0 bridgehead atoms. The Balaban J connectivity index is 1.81.